The minimum atomic E-state index is -0.482. The van der Waals surface area contributed by atoms with E-state index in [0.29, 0.717) is 12.4 Å². The van der Waals surface area contributed by atoms with Crippen LogP contribution in [0.5, 0.6) is 11.5 Å². The molecular weight excluding hydrogens is 290 g/mol. The average molecular weight is 304 g/mol. The summed E-state index contributed by atoms with van der Waals surface area (Å²) in [5.74, 6) is 0.731. The average Bonchev–Trinajstić information content (AvgIpc) is 2.34. The van der Waals surface area contributed by atoms with E-state index >= 15 is 0 Å². The molecule has 0 aliphatic carbocycles. The molecule has 0 aliphatic heterocycles. The zero-order chi connectivity index (χ0) is 12.7. The molecule has 0 spiro atoms. The molecule has 0 N–H and O–H groups in total. The summed E-state index contributed by atoms with van der Waals surface area (Å²) in [6.45, 7) is 0.551. The van der Waals surface area contributed by atoms with E-state index in [1.807, 2.05) is 0 Å². The van der Waals surface area contributed by atoms with E-state index in [0.717, 1.165) is 18.2 Å². The molecule has 0 radical (unpaired) electrons. The maximum Gasteiger partial charge on any atom is 0.314 e. The van der Waals surface area contributed by atoms with Gasteiger partial charge in [0.2, 0.25) is 0 Å². The van der Waals surface area contributed by atoms with E-state index in [-0.39, 0.29) is 11.4 Å². The lowest BCUT2D eigenvalue weighted by Crippen LogP contribution is -1.99. The first kappa shape index (κ1) is 13.8. The first-order chi connectivity index (χ1) is 8.19. The highest BCUT2D eigenvalue weighted by Crippen LogP contribution is 2.30. The summed E-state index contributed by atoms with van der Waals surface area (Å²) in [6.07, 6.45) is 1.92. The Morgan fingerprint density at radius 3 is 2.76 bits per heavy atom. The monoisotopic (exact) mass is 303 g/mol. The quantitative estimate of drug-likeness (QED) is 0.336. The van der Waals surface area contributed by atoms with Crippen LogP contribution in [-0.4, -0.2) is 24.0 Å². The van der Waals surface area contributed by atoms with Crippen LogP contribution in [0, 0.1) is 10.1 Å². The van der Waals surface area contributed by atoms with Crippen LogP contribution in [0.3, 0.4) is 0 Å². The lowest BCUT2D eigenvalue weighted by molar-refractivity contribution is -0.385. The predicted molar refractivity (Wildman–Crippen MR) is 68.2 cm³/mol. The summed E-state index contributed by atoms with van der Waals surface area (Å²) < 4.78 is 10.3. The number of benzene rings is 1. The van der Waals surface area contributed by atoms with Crippen LogP contribution in [0.1, 0.15) is 12.8 Å². The minimum absolute atomic E-state index is 0.0782. The van der Waals surface area contributed by atoms with E-state index in [4.69, 9.17) is 9.47 Å². The normalized spacial score (nSPS) is 10.0. The third-order valence-electron chi connectivity index (χ3n) is 2.14. The van der Waals surface area contributed by atoms with E-state index in [9.17, 15) is 10.1 Å². The van der Waals surface area contributed by atoms with Crippen molar-refractivity contribution < 1.29 is 14.4 Å². The highest BCUT2D eigenvalue weighted by atomic mass is 79.9. The molecule has 0 aromatic heterocycles. The van der Waals surface area contributed by atoms with Crippen LogP contribution in [0.4, 0.5) is 5.69 Å². The predicted octanol–water partition coefficient (Wildman–Crippen LogP) is 3.16. The molecule has 0 atom stereocenters. The molecular formula is C11H14BrNO4. The summed E-state index contributed by atoms with van der Waals surface area (Å²) in [6, 6.07) is 4.59. The van der Waals surface area contributed by atoms with Crippen LogP contribution in [0.25, 0.3) is 0 Å². The Morgan fingerprint density at radius 2 is 2.18 bits per heavy atom. The van der Waals surface area contributed by atoms with Crippen molar-refractivity contribution in [3.05, 3.63) is 28.3 Å². The molecule has 0 saturated heterocycles. The summed E-state index contributed by atoms with van der Waals surface area (Å²) in [4.78, 5) is 10.3. The summed E-state index contributed by atoms with van der Waals surface area (Å²) in [5.41, 5.74) is -0.0782. The molecule has 1 aromatic rings. The van der Waals surface area contributed by atoms with E-state index in [2.05, 4.69) is 15.9 Å². The number of alkyl halides is 1. The molecule has 6 heteroatoms. The SMILES string of the molecule is COc1ccc(OCCCCBr)cc1[N+](=O)[O-]. The molecule has 0 heterocycles. The van der Waals surface area contributed by atoms with Gasteiger partial charge in [0.1, 0.15) is 5.75 Å². The van der Waals surface area contributed by atoms with Crippen LogP contribution < -0.4 is 9.47 Å². The molecule has 5 nitrogen and oxygen atoms in total. The Hall–Kier alpha value is -1.30. The zero-order valence-corrected chi connectivity index (χ0v) is 11.1. The number of rotatable bonds is 7. The number of halogens is 1. The van der Waals surface area contributed by atoms with Crippen molar-refractivity contribution in [2.24, 2.45) is 0 Å². The van der Waals surface area contributed by atoms with E-state index < -0.39 is 4.92 Å². The molecule has 94 valence electrons. The van der Waals surface area contributed by atoms with Crippen LogP contribution in [-0.2, 0) is 0 Å². The van der Waals surface area contributed by atoms with Gasteiger partial charge in [0.15, 0.2) is 5.75 Å². The fourth-order valence-electron chi connectivity index (χ4n) is 1.29. The number of nitro benzene ring substituents is 1. The van der Waals surface area contributed by atoms with Crippen molar-refractivity contribution in [2.45, 2.75) is 12.8 Å². The van der Waals surface area contributed by atoms with Crippen molar-refractivity contribution in [2.75, 3.05) is 19.0 Å². The Labute approximate surface area is 108 Å². The standard InChI is InChI=1S/C11H14BrNO4/c1-16-11-5-4-9(8-10(11)13(14)15)17-7-3-2-6-12/h4-5,8H,2-3,6-7H2,1H3. The van der Waals surface area contributed by atoms with Gasteiger partial charge in [0, 0.05) is 5.33 Å². The highest BCUT2D eigenvalue weighted by Gasteiger charge is 2.15. The second kappa shape index (κ2) is 7.11. The fraction of sp³-hybridized carbons (Fsp3) is 0.455. The molecule has 17 heavy (non-hydrogen) atoms. The number of hydrogen-bond acceptors (Lipinski definition) is 4. The number of nitrogens with zero attached hydrogens (tertiary/aromatic N) is 1. The molecule has 0 saturated carbocycles. The first-order valence-electron chi connectivity index (χ1n) is 5.20. The topological polar surface area (TPSA) is 61.6 Å². The van der Waals surface area contributed by atoms with Gasteiger partial charge in [-0.3, -0.25) is 10.1 Å². The fourth-order valence-corrected chi connectivity index (χ4v) is 1.69. The van der Waals surface area contributed by atoms with Crippen LogP contribution >= 0.6 is 15.9 Å². The van der Waals surface area contributed by atoms with Crippen LogP contribution in [0.15, 0.2) is 18.2 Å². The summed E-state index contributed by atoms with van der Waals surface area (Å²) in [5, 5.41) is 11.7. The highest BCUT2D eigenvalue weighted by molar-refractivity contribution is 9.09. The van der Waals surface area contributed by atoms with Gasteiger partial charge in [-0.25, -0.2) is 0 Å². The van der Waals surface area contributed by atoms with Gasteiger partial charge >= 0.3 is 5.69 Å². The van der Waals surface area contributed by atoms with Gasteiger partial charge in [0.05, 0.1) is 24.7 Å². The van der Waals surface area contributed by atoms with Crippen molar-refractivity contribution in [1.29, 1.82) is 0 Å². The number of hydrogen-bond donors (Lipinski definition) is 0. The van der Waals surface area contributed by atoms with Crippen molar-refractivity contribution in [3.63, 3.8) is 0 Å². The summed E-state index contributed by atoms with van der Waals surface area (Å²) in [7, 11) is 1.40. The molecule has 0 unspecified atom stereocenters. The van der Waals surface area contributed by atoms with Crippen molar-refractivity contribution in [3.8, 4) is 11.5 Å². The van der Waals surface area contributed by atoms with Gasteiger partial charge < -0.3 is 9.47 Å². The first-order valence-corrected chi connectivity index (χ1v) is 6.32. The molecule has 1 aromatic carbocycles. The lowest BCUT2D eigenvalue weighted by atomic mass is 10.3. The smallest absolute Gasteiger partial charge is 0.314 e. The number of ether oxygens (including phenoxy) is 2. The molecule has 1 rings (SSSR count). The van der Waals surface area contributed by atoms with Gasteiger partial charge in [-0.2, -0.15) is 0 Å². The van der Waals surface area contributed by atoms with Gasteiger partial charge in [0.25, 0.3) is 0 Å². The van der Waals surface area contributed by atoms with Crippen molar-refractivity contribution >= 4 is 21.6 Å². The van der Waals surface area contributed by atoms with E-state index in [1.54, 1.807) is 6.07 Å². The summed E-state index contributed by atoms with van der Waals surface area (Å²) >= 11 is 3.32. The maximum atomic E-state index is 10.8. The second-order valence-corrected chi connectivity index (χ2v) is 4.13. The van der Waals surface area contributed by atoms with Crippen LogP contribution in [0.2, 0.25) is 0 Å². The molecule has 0 amide bonds. The molecule has 0 fully saturated rings. The lowest BCUT2D eigenvalue weighted by Gasteiger charge is -2.07. The largest absolute Gasteiger partial charge is 0.493 e. The minimum Gasteiger partial charge on any atom is -0.493 e. The third-order valence-corrected chi connectivity index (χ3v) is 2.70. The maximum absolute atomic E-state index is 10.8. The Bertz CT molecular complexity index is 384. The Morgan fingerprint density at radius 1 is 1.41 bits per heavy atom. The number of methoxy groups -OCH3 is 1. The van der Waals surface area contributed by atoms with E-state index in [1.165, 1.54) is 19.2 Å². The van der Waals surface area contributed by atoms with Gasteiger partial charge in [-0.15, -0.1) is 0 Å². The molecule has 0 bridgehead atoms. The number of nitro groups is 1. The van der Waals surface area contributed by atoms with Gasteiger partial charge in [-0.1, -0.05) is 15.9 Å². The van der Waals surface area contributed by atoms with Crippen molar-refractivity contribution in [1.82, 2.24) is 0 Å². The third kappa shape index (κ3) is 4.22. The molecule has 0 aliphatic rings. The van der Waals surface area contributed by atoms with Gasteiger partial charge in [-0.05, 0) is 25.0 Å². The Balaban J connectivity index is 2.68. The zero-order valence-electron chi connectivity index (χ0n) is 9.52. The number of unbranched alkanes of at least 4 members (excludes halogenated alkanes) is 1. The Kier molecular flexibility index (Phi) is 5.76. The second-order valence-electron chi connectivity index (χ2n) is 3.34.